The standard InChI is InChI=1S/C26H29F6N5O4/c1-24(2,3)41-23(40)34-19(21(38)36-6-4-5-16(36)11-33)13-35-12-18-10-20(35)22(39)37(18)17-8-14(25(27,28)29)7-15(9-17)26(30,31)32/h7-9,16,18-20H,4-6,10,12-13H2,1-3H3,(H,34,40)/t16-,18+,19-,20+/m0/s1. The Hall–Kier alpha value is -3.54. The summed E-state index contributed by atoms with van der Waals surface area (Å²) in [6.07, 6.45) is -9.89. The molecule has 1 N–H and O–H groups in total. The zero-order valence-electron chi connectivity index (χ0n) is 22.5. The fourth-order valence-corrected chi connectivity index (χ4v) is 5.52. The average Bonchev–Trinajstić information content (AvgIpc) is 3.55. The number of benzene rings is 1. The molecule has 1 aromatic carbocycles. The van der Waals surface area contributed by atoms with E-state index in [9.17, 15) is 46.0 Å². The lowest BCUT2D eigenvalue weighted by atomic mass is 10.1. The zero-order chi connectivity index (χ0) is 30.5. The monoisotopic (exact) mass is 589 g/mol. The SMILES string of the molecule is CC(C)(C)OC(=O)N[C@@H](CN1C[C@H]2C[C@@H]1C(=O)N2c1cc(C(F)(F)F)cc(C(F)(F)F)c1)C(=O)N1CCC[C@H]1C#N. The van der Waals surface area contributed by atoms with Crippen LogP contribution < -0.4 is 10.2 Å². The number of halogens is 6. The summed E-state index contributed by atoms with van der Waals surface area (Å²) in [5.74, 6) is -1.27. The zero-order valence-corrected chi connectivity index (χ0v) is 22.5. The summed E-state index contributed by atoms with van der Waals surface area (Å²) in [6.45, 7) is 5.03. The summed E-state index contributed by atoms with van der Waals surface area (Å²) in [4.78, 5) is 43.1. The van der Waals surface area contributed by atoms with Gasteiger partial charge in [0, 0.05) is 25.3 Å². The van der Waals surface area contributed by atoms with Gasteiger partial charge in [-0.2, -0.15) is 31.6 Å². The molecule has 41 heavy (non-hydrogen) atoms. The fourth-order valence-electron chi connectivity index (χ4n) is 5.52. The maximum Gasteiger partial charge on any atom is 0.416 e. The van der Waals surface area contributed by atoms with Crippen molar-refractivity contribution in [1.82, 2.24) is 15.1 Å². The van der Waals surface area contributed by atoms with Crippen molar-refractivity contribution in [2.24, 2.45) is 0 Å². The summed E-state index contributed by atoms with van der Waals surface area (Å²) in [6, 6.07) is -0.522. The van der Waals surface area contributed by atoms with Crippen LogP contribution in [-0.2, 0) is 26.7 Å². The molecule has 4 rings (SSSR count). The number of anilines is 1. The Labute approximate surface area is 232 Å². The summed E-state index contributed by atoms with van der Waals surface area (Å²) < 4.78 is 85.7. The van der Waals surface area contributed by atoms with Crippen LogP contribution in [0.5, 0.6) is 0 Å². The van der Waals surface area contributed by atoms with Gasteiger partial charge >= 0.3 is 18.4 Å². The molecule has 3 amide bonds. The Balaban J connectivity index is 1.57. The molecule has 3 aliphatic heterocycles. The molecule has 0 unspecified atom stereocenters. The molecule has 0 spiro atoms. The van der Waals surface area contributed by atoms with E-state index in [0.29, 0.717) is 31.5 Å². The van der Waals surface area contributed by atoms with Gasteiger partial charge in [-0.3, -0.25) is 14.5 Å². The normalized spacial score (nSPS) is 24.0. The van der Waals surface area contributed by atoms with E-state index in [-0.39, 0.29) is 25.6 Å². The summed E-state index contributed by atoms with van der Waals surface area (Å²) in [5, 5.41) is 11.9. The summed E-state index contributed by atoms with van der Waals surface area (Å²) in [5.41, 5.74) is -4.46. The van der Waals surface area contributed by atoms with E-state index in [1.807, 2.05) is 6.07 Å². The summed E-state index contributed by atoms with van der Waals surface area (Å²) in [7, 11) is 0. The second kappa shape index (κ2) is 10.7. The maximum absolute atomic E-state index is 13.4. The van der Waals surface area contributed by atoms with Gasteiger partial charge in [0.1, 0.15) is 17.7 Å². The highest BCUT2D eigenvalue weighted by atomic mass is 19.4. The third-order valence-corrected chi connectivity index (χ3v) is 7.21. The average molecular weight is 590 g/mol. The Morgan fingerprint density at radius 2 is 1.71 bits per heavy atom. The van der Waals surface area contributed by atoms with E-state index in [4.69, 9.17) is 4.74 Å². The molecule has 9 nitrogen and oxygen atoms in total. The lowest BCUT2D eigenvalue weighted by Gasteiger charge is -2.36. The van der Waals surface area contributed by atoms with Crippen molar-refractivity contribution in [3.05, 3.63) is 29.3 Å². The molecule has 0 aromatic heterocycles. The van der Waals surface area contributed by atoms with Gasteiger partial charge in [0.15, 0.2) is 0 Å². The lowest BCUT2D eigenvalue weighted by Crippen LogP contribution is -2.59. The minimum atomic E-state index is -5.07. The highest BCUT2D eigenvalue weighted by Gasteiger charge is 2.52. The predicted molar refractivity (Wildman–Crippen MR) is 131 cm³/mol. The number of likely N-dealkylation sites (tertiary alicyclic amines) is 2. The first-order valence-electron chi connectivity index (χ1n) is 13.0. The van der Waals surface area contributed by atoms with Crippen molar-refractivity contribution in [2.75, 3.05) is 24.5 Å². The molecular weight excluding hydrogens is 560 g/mol. The van der Waals surface area contributed by atoms with E-state index < -0.39 is 76.8 Å². The fraction of sp³-hybridized carbons (Fsp3) is 0.615. The number of nitrogens with zero attached hydrogens (tertiary/aromatic N) is 4. The number of nitrogens with one attached hydrogen (secondary N) is 1. The maximum atomic E-state index is 13.4. The van der Waals surface area contributed by atoms with Gasteiger partial charge in [-0.1, -0.05) is 0 Å². The lowest BCUT2D eigenvalue weighted by molar-refractivity contribution is -0.143. The largest absolute Gasteiger partial charge is 0.444 e. The van der Waals surface area contributed by atoms with Crippen LogP contribution in [0, 0.1) is 11.3 Å². The highest BCUT2D eigenvalue weighted by Crippen LogP contribution is 2.42. The van der Waals surface area contributed by atoms with Gasteiger partial charge in [-0.05, 0) is 58.2 Å². The Morgan fingerprint density at radius 3 is 2.22 bits per heavy atom. The number of carbonyl (C=O) groups excluding carboxylic acids is 3. The molecule has 3 heterocycles. The molecule has 3 fully saturated rings. The molecule has 3 saturated heterocycles. The van der Waals surface area contributed by atoms with E-state index >= 15 is 0 Å². The molecule has 224 valence electrons. The van der Waals surface area contributed by atoms with Crippen LogP contribution in [0.3, 0.4) is 0 Å². The molecule has 2 bridgehead atoms. The molecule has 4 atom stereocenters. The van der Waals surface area contributed by atoms with Gasteiger partial charge in [0.2, 0.25) is 11.8 Å². The number of hydrogen-bond donors (Lipinski definition) is 1. The van der Waals surface area contributed by atoms with Crippen molar-refractivity contribution in [1.29, 1.82) is 5.26 Å². The summed E-state index contributed by atoms with van der Waals surface area (Å²) >= 11 is 0. The molecule has 3 aliphatic rings. The quantitative estimate of drug-likeness (QED) is 0.522. The topological polar surface area (TPSA) is 106 Å². The number of amides is 3. The number of hydrogen-bond acceptors (Lipinski definition) is 6. The minimum Gasteiger partial charge on any atom is -0.444 e. The molecule has 0 radical (unpaired) electrons. The van der Waals surface area contributed by atoms with Crippen LogP contribution >= 0.6 is 0 Å². The smallest absolute Gasteiger partial charge is 0.416 e. The van der Waals surface area contributed by atoms with E-state index in [1.165, 1.54) is 4.90 Å². The van der Waals surface area contributed by atoms with Crippen molar-refractivity contribution < 1.29 is 45.5 Å². The van der Waals surface area contributed by atoms with Gasteiger partial charge < -0.3 is 19.9 Å². The first kappa shape index (κ1) is 30.4. The minimum absolute atomic E-state index is 0.0000135. The van der Waals surface area contributed by atoms with Crippen molar-refractivity contribution in [2.45, 2.75) is 82.2 Å². The second-order valence-electron chi connectivity index (χ2n) is 11.3. The Kier molecular flexibility index (Phi) is 7.94. The van der Waals surface area contributed by atoms with Gasteiger partial charge in [0.05, 0.1) is 29.3 Å². The van der Waals surface area contributed by atoms with E-state index in [0.717, 1.165) is 4.90 Å². The Morgan fingerprint density at radius 1 is 1.10 bits per heavy atom. The number of piperazine rings is 1. The van der Waals surface area contributed by atoms with Crippen molar-refractivity contribution in [3.63, 3.8) is 0 Å². The van der Waals surface area contributed by atoms with Crippen LogP contribution in [0.4, 0.5) is 36.8 Å². The third kappa shape index (κ3) is 6.52. The number of ether oxygens (including phenoxy) is 1. The van der Waals surface area contributed by atoms with Crippen LogP contribution in [0.25, 0.3) is 0 Å². The van der Waals surface area contributed by atoms with Gasteiger partial charge in [-0.25, -0.2) is 4.79 Å². The predicted octanol–water partition coefficient (Wildman–Crippen LogP) is 3.92. The number of carbonyl (C=O) groups is 3. The second-order valence-corrected chi connectivity index (χ2v) is 11.3. The number of alkyl carbamates (subject to hydrolysis) is 1. The van der Waals surface area contributed by atoms with Gasteiger partial charge in [-0.15, -0.1) is 0 Å². The highest BCUT2D eigenvalue weighted by molar-refractivity contribution is 6.01. The number of nitriles is 1. The molecule has 0 aliphatic carbocycles. The van der Waals surface area contributed by atoms with Crippen molar-refractivity contribution >= 4 is 23.6 Å². The van der Waals surface area contributed by atoms with Crippen LogP contribution in [0.2, 0.25) is 0 Å². The third-order valence-electron chi connectivity index (χ3n) is 7.21. The molecule has 1 aromatic rings. The first-order valence-corrected chi connectivity index (χ1v) is 13.0. The van der Waals surface area contributed by atoms with Crippen LogP contribution in [-0.4, -0.2) is 77.1 Å². The first-order chi connectivity index (χ1) is 18.9. The Bertz CT molecular complexity index is 1220. The van der Waals surface area contributed by atoms with Crippen molar-refractivity contribution in [3.8, 4) is 6.07 Å². The van der Waals surface area contributed by atoms with Crippen LogP contribution in [0.1, 0.15) is 51.2 Å². The number of rotatable bonds is 5. The van der Waals surface area contributed by atoms with Crippen LogP contribution in [0.15, 0.2) is 18.2 Å². The molecule has 15 heteroatoms. The van der Waals surface area contributed by atoms with E-state index in [2.05, 4.69) is 5.32 Å². The number of fused-ring (bicyclic) bond motifs is 2. The number of alkyl halides is 6. The van der Waals surface area contributed by atoms with E-state index in [1.54, 1.807) is 25.7 Å². The molecule has 0 saturated carbocycles. The van der Waals surface area contributed by atoms with Gasteiger partial charge in [0.25, 0.3) is 0 Å². The molecular formula is C26H29F6N5O4.